The van der Waals surface area contributed by atoms with E-state index in [1.807, 2.05) is 0 Å². The molecule has 0 unspecified atom stereocenters. The van der Waals surface area contributed by atoms with Crippen LogP contribution in [0.1, 0.15) is 19.3 Å². The second-order valence-electron chi connectivity index (χ2n) is 3.91. The number of halogens is 1. The summed E-state index contributed by atoms with van der Waals surface area (Å²) in [7, 11) is -3.83. The highest BCUT2D eigenvalue weighted by Gasteiger charge is 2.28. The molecule has 0 saturated heterocycles. The summed E-state index contributed by atoms with van der Waals surface area (Å²) >= 11 is 0. The Labute approximate surface area is 93.7 Å². The standard InChI is InChI=1S/C10H13FN2O2S/c11-8-5-2-6-9(12)10(8)16(14,15)13-7-3-1-4-7/h2,5-7,13H,1,3-4,12H2. The molecule has 0 amide bonds. The highest BCUT2D eigenvalue weighted by atomic mass is 32.2. The number of nitrogen functional groups attached to an aromatic ring is 1. The van der Waals surface area contributed by atoms with E-state index < -0.39 is 20.7 Å². The lowest BCUT2D eigenvalue weighted by molar-refractivity contribution is 0.383. The van der Waals surface area contributed by atoms with Crippen molar-refractivity contribution in [3.8, 4) is 0 Å². The summed E-state index contributed by atoms with van der Waals surface area (Å²) in [4.78, 5) is -0.443. The first kappa shape index (κ1) is 11.3. The van der Waals surface area contributed by atoms with Crippen molar-refractivity contribution < 1.29 is 12.8 Å². The van der Waals surface area contributed by atoms with E-state index in [-0.39, 0.29) is 11.7 Å². The van der Waals surface area contributed by atoms with Crippen molar-refractivity contribution in [2.24, 2.45) is 0 Å². The Balaban J connectivity index is 2.34. The lowest BCUT2D eigenvalue weighted by Gasteiger charge is -2.26. The molecule has 0 heterocycles. The quantitative estimate of drug-likeness (QED) is 0.786. The molecule has 0 bridgehead atoms. The van der Waals surface area contributed by atoms with Crippen molar-refractivity contribution in [2.45, 2.75) is 30.2 Å². The fourth-order valence-corrected chi connectivity index (χ4v) is 3.11. The largest absolute Gasteiger partial charge is 0.398 e. The van der Waals surface area contributed by atoms with Crippen LogP contribution in [0.2, 0.25) is 0 Å². The Morgan fingerprint density at radius 3 is 2.56 bits per heavy atom. The lowest BCUT2D eigenvalue weighted by atomic mass is 9.94. The van der Waals surface area contributed by atoms with Crippen LogP contribution in [0.25, 0.3) is 0 Å². The number of benzene rings is 1. The number of sulfonamides is 1. The molecule has 1 saturated carbocycles. The number of rotatable bonds is 3. The van der Waals surface area contributed by atoms with Gasteiger partial charge in [-0.15, -0.1) is 0 Å². The molecule has 4 nitrogen and oxygen atoms in total. The van der Waals surface area contributed by atoms with E-state index >= 15 is 0 Å². The molecule has 0 radical (unpaired) electrons. The fourth-order valence-electron chi connectivity index (χ4n) is 1.61. The maximum atomic E-state index is 13.4. The third kappa shape index (κ3) is 2.03. The van der Waals surface area contributed by atoms with Crippen molar-refractivity contribution in [3.05, 3.63) is 24.0 Å². The minimum Gasteiger partial charge on any atom is -0.398 e. The van der Waals surface area contributed by atoms with E-state index in [4.69, 9.17) is 5.73 Å². The van der Waals surface area contributed by atoms with Crippen LogP contribution in [0.4, 0.5) is 10.1 Å². The summed E-state index contributed by atoms with van der Waals surface area (Å²) in [5, 5.41) is 0. The van der Waals surface area contributed by atoms with E-state index in [0.717, 1.165) is 25.3 Å². The van der Waals surface area contributed by atoms with E-state index in [1.54, 1.807) is 0 Å². The third-order valence-corrected chi connectivity index (χ3v) is 4.30. The molecule has 1 aromatic carbocycles. The second-order valence-corrected chi connectivity index (χ2v) is 5.56. The van der Waals surface area contributed by atoms with Gasteiger partial charge in [-0.25, -0.2) is 17.5 Å². The highest BCUT2D eigenvalue weighted by molar-refractivity contribution is 7.89. The summed E-state index contributed by atoms with van der Waals surface area (Å²) < 4.78 is 39.6. The molecule has 6 heteroatoms. The molecule has 3 N–H and O–H groups in total. The van der Waals surface area contributed by atoms with Crippen molar-refractivity contribution in [1.29, 1.82) is 0 Å². The minimum atomic E-state index is -3.83. The maximum absolute atomic E-state index is 13.4. The first-order valence-electron chi connectivity index (χ1n) is 5.07. The Morgan fingerprint density at radius 1 is 1.38 bits per heavy atom. The molecule has 1 aliphatic rings. The maximum Gasteiger partial charge on any atom is 0.245 e. The molecular weight excluding hydrogens is 231 g/mol. The second kappa shape index (κ2) is 4.03. The molecule has 88 valence electrons. The van der Waals surface area contributed by atoms with Crippen molar-refractivity contribution >= 4 is 15.7 Å². The van der Waals surface area contributed by atoms with E-state index in [2.05, 4.69) is 4.72 Å². The first-order chi connectivity index (χ1) is 7.50. The van der Waals surface area contributed by atoms with Crippen molar-refractivity contribution in [2.75, 3.05) is 5.73 Å². The Bertz CT molecular complexity index is 477. The van der Waals surface area contributed by atoms with Crippen LogP contribution in [0.15, 0.2) is 23.1 Å². The molecular formula is C10H13FN2O2S. The van der Waals surface area contributed by atoms with Gasteiger partial charge in [0.2, 0.25) is 10.0 Å². The zero-order valence-electron chi connectivity index (χ0n) is 8.61. The van der Waals surface area contributed by atoms with Gasteiger partial charge in [0.05, 0.1) is 5.69 Å². The summed E-state index contributed by atoms with van der Waals surface area (Å²) in [5.41, 5.74) is 5.42. The summed E-state index contributed by atoms with van der Waals surface area (Å²) in [6.07, 6.45) is 2.60. The van der Waals surface area contributed by atoms with E-state index in [1.165, 1.54) is 12.1 Å². The van der Waals surface area contributed by atoms with Gasteiger partial charge in [0.25, 0.3) is 0 Å². The SMILES string of the molecule is Nc1cccc(F)c1S(=O)(=O)NC1CCC1. The molecule has 1 aromatic rings. The average molecular weight is 244 g/mol. The third-order valence-electron chi connectivity index (χ3n) is 2.69. The van der Waals surface area contributed by atoms with E-state index in [0.29, 0.717) is 0 Å². The van der Waals surface area contributed by atoms with Gasteiger partial charge >= 0.3 is 0 Å². The number of hydrogen-bond donors (Lipinski definition) is 2. The zero-order valence-corrected chi connectivity index (χ0v) is 9.43. The Kier molecular flexibility index (Phi) is 2.86. The summed E-state index contributed by atoms with van der Waals surface area (Å²) in [6.45, 7) is 0. The predicted molar refractivity (Wildman–Crippen MR) is 58.8 cm³/mol. The number of nitrogens with one attached hydrogen (secondary N) is 1. The molecule has 1 aliphatic carbocycles. The summed E-state index contributed by atoms with van der Waals surface area (Å²) in [6, 6.07) is 3.76. The Morgan fingerprint density at radius 2 is 2.06 bits per heavy atom. The summed E-state index contributed by atoms with van der Waals surface area (Å²) in [5.74, 6) is -0.813. The smallest absolute Gasteiger partial charge is 0.245 e. The van der Waals surface area contributed by atoms with Crippen LogP contribution in [0.3, 0.4) is 0 Å². The van der Waals surface area contributed by atoms with Gasteiger partial charge in [-0.3, -0.25) is 0 Å². The van der Waals surface area contributed by atoms with Crippen LogP contribution < -0.4 is 10.5 Å². The lowest BCUT2D eigenvalue weighted by Crippen LogP contribution is -2.39. The van der Waals surface area contributed by atoms with Gasteiger partial charge in [-0.2, -0.15) is 0 Å². The van der Waals surface area contributed by atoms with Gasteiger partial charge in [0.1, 0.15) is 10.7 Å². The number of anilines is 1. The molecule has 0 aliphatic heterocycles. The molecule has 0 spiro atoms. The zero-order chi connectivity index (χ0) is 11.8. The van der Waals surface area contributed by atoms with Crippen LogP contribution >= 0.6 is 0 Å². The molecule has 1 fully saturated rings. The van der Waals surface area contributed by atoms with Gasteiger partial charge in [-0.05, 0) is 25.0 Å². The van der Waals surface area contributed by atoms with Crippen LogP contribution in [-0.4, -0.2) is 14.5 Å². The number of hydrogen-bond acceptors (Lipinski definition) is 3. The average Bonchev–Trinajstić information content (AvgIpc) is 2.11. The predicted octanol–water partition coefficient (Wildman–Crippen LogP) is 1.24. The van der Waals surface area contributed by atoms with Crippen LogP contribution in [0, 0.1) is 5.82 Å². The van der Waals surface area contributed by atoms with Gasteiger partial charge in [-0.1, -0.05) is 12.5 Å². The van der Waals surface area contributed by atoms with E-state index in [9.17, 15) is 12.8 Å². The molecule has 0 atom stereocenters. The topological polar surface area (TPSA) is 72.2 Å². The minimum absolute atomic E-state index is 0.0631. The number of nitrogens with two attached hydrogens (primary N) is 1. The molecule has 0 aromatic heterocycles. The molecule has 16 heavy (non-hydrogen) atoms. The fraction of sp³-hybridized carbons (Fsp3) is 0.400. The normalized spacial score (nSPS) is 17.1. The highest BCUT2D eigenvalue weighted by Crippen LogP contribution is 2.25. The van der Waals surface area contributed by atoms with Gasteiger partial charge in [0.15, 0.2) is 0 Å². The van der Waals surface area contributed by atoms with Crippen LogP contribution in [-0.2, 0) is 10.0 Å². The van der Waals surface area contributed by atoms with Crippen molar-refractivity contribution in [1.82, 2.24) is 4.72 Å². The van der Waals surface area contributed by atoms with Gasteiger partial charge in [0, 0.05) is 6.04 Å². The van der Waals surface area contributed by atoms with Crippen LogP contribution in [0.5, 0.6) is 0 Å². The van der Waals surface area contributed by atoms with Crippen molar-refractivity contribution in [3.63, 3.8) is 0 Å². The Hall–Kier alpha value is -1.14. The van der Waals surface area contributed by atoms with Gasteiger partial charge < -0.3 is 5.73 Å². The monoisotopic (exact) mass is 244 g/mol. The first-order valence-corrected chi connectivity index (χ1v) is 6.55. The molecule has 2 rings (SSSR count).